The Balaban J connectivity index is 0.00000484. The summed E-state index contributed by atoms with van der Waals surface area (Å²) < 4.78 is 25.0. The van der Waals surface area contributed by atoms with Gasteiger partial charge in [0.1, 0.15) is 0 Å². The Labute approximate surface area is 162 Å². The molecule has 0 radical (unpaired) electrons. The van der Waals surface area contributed by atoms with Gasteiger partial charge in [-0.1, -0.05) is 0 Å². The Morgan fingerprint density at radius 3 is 2.61 bits per heavy atom. The number of thioether (sulfide) groups is 1. The summed E-state index contributed by atoms with van der Waals surface area (Å²) >= 11 is 2.02. The zero-order valence-corrected chi connectivity index (χ0v) is 18.6. The van der Waals surface area contributed by atoms with Crippen molar-refractivity contribution < 1.29 is 8.42 Å². The van der Waals surface area contributed by atoms with E-state index in [1.807, 2.05) is 11.8 Å². The Hall–Kier alpha value is 0.260. The molecule has 1 aliphatic heterocycles. The number of sulfonamides is 1. The molecule has 1 saturated heterocycles. The van der Waals surface area contributed by atoms with Crippen LogP contribution in [0.1, 0.15) is 33.1 Å². The van der Waals surface area contributed by atoms with E-state index < -0.39 is 10.0 Å². The molecule has 1 unspecified atom stereocenters. The van der Waals surface area contributed by atoms with E-state index in [0.717, 1.165) is 18.9 Å². The molecule has 0 aliphatic carbocycles. The summed E-state index contributed by atoms with van der Waals surface area (Å²) in [6.07, 6.45) is 3.27. The molecule has 6 nitrogen and oxygen atoms in total. The van der Waals surface area contributed by atoms with Gasteiger partial charge in [-0.15, -0.1) is 24.0 Å². The lowest BCUT2D eigenvalue weighted by molar-refractivity contribution is 0.461. The van der Waals surface area contributed by atoms with E-state index in [1.54, 1.807) is 21.0 Å². The van der Waals surface area contributed by atoms with Crippen molar-refractivity contribution in [2.45, 2.75) is 37.9 Å². The normalized spacial score (nSPS) is 22.0. The third kappa shape index (κ3) is 8.26. The summed E-state index contributed by atoms with van der Waals surface area (Å²) in [6, 6.07) is 0. The molecule has 0 spiro atoms. The zero-order chi connectivity index (χ0) is 16.6. The maximum absolute atomic E-state index is 11.6. The highest BCUT2D eigenvalue weighted by Crippen LogP contribution is 2.36. The summed E-state index contributed by atoms with van der Waals surface area (Å²) in [5.41, 5.74) is 0. The minimum Gasteiger partial charge on any atom is -0.356 e. The van der Waals surface area contributed by atoms with Gasteiger partial charge in [0.15, 0.2) is 5.96 Å². The summed E-state index contributed by atoms with van der Waals surface area (Å²) in [7, 11) is 0.309. The average molecular weight is 478 g/mol. The third-order valence-electron chi connectivity index (χ3n) is 3.94. The molecule has 2 N–H and O–H groups in total. The average Bonchev–Trinajstić information content (AvgIpc) is 2.93. The van der Waals surface area contributed by atoms with Crippen LogP contribution in [0.2, 0.25) is 0 Å². The molecule has 0 amide bonds. The van der Waals surface area contributed by atoms with Crippen molar-refractivity contribution in [2.75, 3.05) is 45.2 Å². The quantitative estimate of drug-likeness (QED) is 0.241. The number of guanidine groups is 1. The summed E-state index contributed by atoms with van der Waals surface area (Å²) in [5, 5.41) is 6.61. The SMILES string of the molecule is CCS(=O)(=O)N(C)CCCNC(=NC)NCC1(C)CCCS1.I. The highest BCUT2D eigenvalue weighted by molar-refractivity contribution is 14.0. The number of hydrogen-bond acceptors (Lipinski definition) is 4. The second-order valence-electron chi connectivity index (χ2n) is 5.83. The summed E-state index contributed by atoms with van der Waals surface area (Å²) in [6.45, 7) is 6.08. The van der Waals surface area contributed by atoms with Crippen LogP contribution in [0, 0.1) is 0 Å². The van der Waals surface area contributed by atoms with Crippen LogP contribution in [0.15, 0.2) is 4.99 Å². The van der Waals surface area contributed by atoms with Gasteiger partial charge in [0.05, 0.1) is 5.75 Å². The maximum Gasteiger partial charge on any atom is 0.213 e. The van der Waals surface area contributed by atoms with Crippen molar-refractivity contribution in [1.29, 1.82) is 0 Å². The largest absolute Gasteiger partial charge is 0.356 e. The molecule has 1 atom stereocenters. The molecule has 0 aromatic rings. The van der Waals surface area contributed by atoms with Crippen molar-refractivity contribution in [2.24, 2.45) is 4.99 Å². The molecule has 9 heteroatoms. The van der Waals surface area contributed by atoms with Crippen LogP contribution in [0.4, 0.5) is 0 Å². The van der Waals surface area contributed by atoms with Crippen molar-refractivity contribution in [3.63, 3.8) is 0 Å². The first-order valence-corrected chi connectivity index (χ1v) is 10.4. The monoisotopic (exact) mass is 478 g/mol. The fraction of sp³-hybridized carbons (Fsp3) is 0.929. The van der Waals surface area contributed by atoms with Crippen LogP contribution in [-0.2, 0) is 10.0 Å². The topological polar surface area (TPSA) is 73.8 Å². The van der Waals surface area contributed by atoms with Crippen LogP contribution in [0.25, 0.3) is 0 Å². The fourth-order valence-electron chi connectivity index (χ4n) is 2.34. The first kappa shape index (κ1) is 23.3. The number of hydrogen-bond donors (Lipinski definition) is 2. The molecule has 1 aliphatic rings. The first-order valence-electron chi connectivity index (χ1n) is 7.85. The lowest BCUT2D eigenvalue weighted by Crippen LogP contribution is -2.44. The molecular weight excluding hydrogens is 447 g/mol. The molecule has 0 aromatic carbocycles. The van der Waals surface area contributed by atoms with E-state index in [2.05, 4.69) is 22.5 Å². The molecule has 23 heavy (non-hydrogen) atoms. The van der Waals surface area contributed by atoms with Gasteiger partial charge in [0.2, 0.25) is 10.0 Å². The van der Waals surface area contributed by atoms with Gasteiger partial charge in [0.25, 0.3) is 0 Å². The van der Waals surface area contributed by atoms with Gasteiger partial charge in [0, 0.05) is 38.5 Å². The molecule has 0 aromatic heterocycles. The van der Waals surface area contributed by atoms with Crippen LogP contribution >= 0.6 is 35.7 Å². The number of aliphatic imine (C=N–C) groups is 1. The second-order valence-corrected chi connectivity index (χ2v) is 9.88. The van der Waals surface area contributed by atoms with Gasteiger partial charge in [-0.2, -0.15) is 11.8 Å². The zero-order valence-electron chi connectivity index (χ0n) is 14.6. The number of nitrogens with zero attached hydrogens (tertiary/aromatic N) is 2. The molecule has 0 bridgehead atoms. The van der Waals surface area contributed by atoms with Gasteiger partial charge < -0.3 is 10.6 Å². The minimum atomic E-state index is -3.08. The molecular formula is C14H31IN4O2S2. The van der Waals surface area contributed by atoms with E-state index in [1.165, 1.54) is 22.9 Å². The van der Waals surface area contributed by atoms with Crippen molar-refractivity contribution >= 4 is 51.7 Å². The predicted molar refractivity (Wildman–Crippen MR) is 112 cm³/mol. The van der Waals surface area contributed by atoms with Crippen molar-refractivity contribution in [1.82, 2.24) is 14.9 Å². The number of halogens is 1. The highest BCUT2D eigenvalue weighted by atomic mass is 127. The van der Waals surface area contributed by atoms with Gasteiger partial charge in [-0.05, 0) is 38.9 Å². The van der Waals surface area contributed by atoms with Crippen molar-refractivity contribution in [3.05, 3.63) is 0 Å². The van der Waals surface area contributed by atoms with E-state index >= 15 is 0 Å². The standard InChI is InChI=1S/C14H30N4O2S2.HI/c1-5-22(19,20)18(4)10-7-9-16-13(15-3)17-12-14(2)8-6-11-21-14;/h5-12H2,1-4H3,(H2,15,16,17);1H. The lowest BCUT2D eigenvalue weighted by atomic mass is 10.1. The summed E-state index contributed by atoms with van der Waals surface area (Å²) in [4.78, 5) is 4.22. The molecule has 0 saturated carbocycles. The maximum atomic E-state index is 11.6. The van der Waals surface area contributed by atoms with Crippen LogP contribution in [-0.4, -0.2) is 68.7 Å². The fourth-order valence-corrected chi connectivity index (χ4v) is 4.43. The summed E-state index contributed by atoms with van der Waals surface area (Å²) in [5.74, 6) is 2.17. The molecule has 1 fully saturated rings. The Bertz CT molecular complexity index is 465. The second kappa shape index (κ2) is 11.0. The van der Waals surface area contributed by atoms with Crippen molar-refractivity contribution in [3.8, 4) is 0 Å². The van der Waals surface area contributed by atoms with Crippen LogP contribution in [0.3, 0.4) is 0 Å². The van der Waals surface area contributed by atoms with Gasteiger partial charge in [-0.3, -0.25) is 4.99 Å². The Morgan fingerprint density at radius 2 is 2.09 bits per heavy atom. The first-order chi connectivity index (χ1) is 10.3. The number of nitrogens with one attached hydrogen (secondary N) is 2. The molecule has 1 heterocycles. The van der Waals surface area contributed by atoms with E-state index in [0.29, 0.717) is 17.8 Å². The van der Waals surface area contributed by atoms with E-state index in [4.69, 9.17) is 0 Å². The van der Waals surface area contributed by atoms with E-state index in [9.17, 15) is 8.42 Å². The van der Waals surface area contributed by atoms with Gasteiger partial charge >= 0.3 is 0 Å². The molecule has 138 valence electrons. The van der Waals surface area contributed by atoms with E-state index in [-0.39, 0.29) is 29.7 Å². The minimum absolute atomic E-state index is 0. The smallest absolute Gasteiger partial charge is 0.213 e. The number of rotatable bonds is 8. The third-order valence-corrected chi connectivity index (χ3v) is 7.34. The highest BCUT2D eigenvalue weighted by Gasteiger charge is 2.29. The Morgan fingerprint density at radius 1 is 1.39 bits per heavy atom. The van der Waals surface area contributed by atoms with Crippen LogP contribution < -0.4 is 10.6 Å². The van der Waals surface area contributed by atoms with Gasteiger partial charge in [-0.25, -0.2) is 12.7 Å². The lowest BCUT2D eigenvalue weighted by Gasteiger charge is -2.24. The predicted octanol–water partition coefficient (Wildman–Crippen LogP) is 1.73. The molecule has 1 rings (SSSR count). The Kier molecular flexibility index (Phi) is 11.1. The van der Waals surface area contributed by atoms with Crippen LogP contribution in [0.5, 0.6) is 0 Å².